The van der Waals surface area contributed by atoms with Gasteiger partial charge < -0.3 is 13.9 Å². The smallest absolute Gasteiger partial charge is 0.155 e. The molecule has 0 amide bonds. The maximum Gasteiger partial charge on any atom is 0.155 e. The summed E-state index contributed by atoms with van der Waals surface area (Å²) in [5, 5.41) is 2.44. The predicted octanol–water partition coefficient (Wildman–Crippen LogP) is 12.7. The number of hydrogen-bond donors (Lipinski definition) is 0. The van der Waals surface area contributed by atoms with Crippen molar-refractivity contribution in [1.29, 1.82) is 0 Å². The second kappa shape index (κ2) is 11.5. The molecule has 0 atom stereocenters. The van der Waals surface area contributed by atoms with E-state index in [-0.39, 0.29) is 0 Å². The molecule has 0 aliphatic carbocycles. The third kappa shape index (κ3) is 4.51. The quantitative estimate of drug-likeness (QED) is 0.185. The van der Waals surface area contributed by atoms with Crippen LogP contribution in [0.1, 0.15) is 0 Å². The average Bonchev–Trinajstić information content (AvgIpc) is 3.75. The van der Waals surface area contributed by atoms with Crippen molar-refractivity contribution in [3.63, 3.8) is 0 Å². The number of aromatic nitrogens is 3. The molecule has 0 fully saturated rings. The van der Waals surface area contributed by atoms with Crippen LogP contribution in [0.4, 0.5) is 17.1 Å². The number of rotatable bonds is 4. The number of pyridine rings is 2. The van der Waals surface area contributed by atoms with Crippen LogP contribution in [0.3, 0.4) is 0 Å². The molecule has 0 radical (unpaired) electrons. The van der Waals surface area contributed by atoms with Gasteiger partial charge in [-0.15, -0.1) is 0 Å². The van der Waals surface area contributed by atoms with Crippen molar-refractivity contribution in [2.75, 3.05) is 4.90 Å². The Balaban J connectivity index is 1.02. The first-order chi connectivity index (χ1) is 25.8. The minimum atomic E-state index is 0.721. The fraction of sp³-hybridized carbons (Fsp3) is 0. The van der Waals surface area contributed by atoms with Gasteiger partial charge in [-0.3, -0.25) is 0 Å². The maximum absolute atomic E-state index is 6.27. The Kier molecular flexibility index (Phi) is 6.42. The topological polar surface area (TPSA) is 47.1 Å². The second-order valence-corrected chi connectivity index (χ2v) is 14.1. The number of furan rings is 1. The highest BCUT2D eigenvalue weighted by Crippen LogP contribution is 2.52. The molecule has 6 aromatic carbocycles. The predicted molar refractivity (Wildman–Crippen MR) is 213 cm³/mol. The van der Waals surface area contributed by atoms with Gasteiger partial charge in [-0.2, -0.15) is 0 Å². The molecule has 0 spiro atoms. The fourth-order valence-electron chi connectivity index (χ4n) is 7.59. The summed E-state index contributed by atoms with van der Waals surface area (Å²) in [5.74, 6) is 0. The fourth-order valence-corrected chi connectivity index (χ4v) is 8.69. The van der Waals surface area contributed by atoms with Crippen molar-refractivity contribution in [2.45, 2.75) is 9.79 Å². The molecule has 1 aliphatic heterocycles. The molecular weight excluding hydrogens is 657 g/mol. The Morgan fingerprint density at radius 1 is 0.442 bits per heavy atom. The Labute approximate surface area is 303 Å². The van der Waals surface area contributed by atoms with Gasteiger partial charge in [0.05, 0.1) is 33.8 Å². The second-order valence-electron chi connectivity index (χ2n) is 13.0. The molecule has 5 nitrogen and oxygen atoms in total. The summed E-state index contributed by atoms with van der Waals surface area (Å²) in [5.41, 5.74) is 13.7. The number of hydrogen-bond acceptors (Lipinski definition) is 5. The highest BCUT2D eigenvalue weighted by Gasteiger charge is 2.25. The normalized spacial score (nSPS) is 12.5. The zero-order valence-corrected chi connectivity index (χ0v) is 28.6. The maximum atomic E-state index is 6.27. The van der Waals surface area contributed by atoms with Gasteiger partial charge in [0, 0.05) is 43.1 Å². The summed E-state index contributed by atoms with van der Waals surface area (Å²) in [6.45, 7) is 0. The lowest BCUT2D eigenvalue weighted by atomic mass is 10.1. The molecule has 244 valence electrons. The Hall–Kier alpha value is -6.63. The van der Waals surface area contributed by atoms with Gasteiger partial charge in [-0.05, 0) is 84.9 Å². The Morgan fingerprint density at radius 3 is 1.81 bits per heavy atom. The van der Waals surface area contributed by atoms with Crippen LogP contribution in [0.5, 0.6) is 0 Å². The van der Waals surface area contributed by atoms with Gasteiger partial charge in [-0.1, -0.05) is 96.7 Å². The Morgan fingerprint density at radius 2 is 1.04 bits per heavy atom. The van der Waals surface area contributed by atoms with Crippen LogP contribution < -0.4 is 4.90 Å². The molecule has 4 aromatic heterocycles. The first kappa shape index (κ1) is 29.1. The van der Waals surface area contributed by atoms with Crippen molar-refractivity contribution in [1.82, 2.24) is 14.5 Å². The van der Waals surface area contributed by atoms with E-state index in [1.807, 2.05) is 24.3 Å². The third-order valence-corrected chi connectivity index (χ3v) is 11.1. The van der Waals surface area contributed by atoms with Crippen LogP contribution >= 0.6 is 11.8 Å². The molecule has 6 heteroatoms. The highest BCUT2D eigenvalue weighted by molar-refractivity contribution is 7.99. The number of para-hydroxylation sites is 4. The molecule has 10 aromatic rings. The molecule has 52 heavy (non-hydrogen) atoms. The lowest BCUT2D eigenvalue weighted by molar-refractivity contribution is 0.667. The van der Waals surface area contributed by atoms with E-state index >= 15 is 0 Å². The number of anilines is 3. The van der Waals surface area contributed by atoms with E-state index in [0.717, 1.165) is 67.3 Å². The van der Waals surface area contributed by atoms with Gasteiger partial charge in [-0.25, -0.2) is 9.97 Å². The van der Waals surface area contributed by atoms with Crippen molar-refractivity contribution in [2.24, 2.45) is 0 Å². The van der Waals surface area contributed by atoms with Crippen LogP contribution in [0.2, 0.25) is 0 Å². The minimum Gasteiger partial charge on any atom is -0.453 e. The molecule has 0 saturated carbocycles. The standard InChI is InChI=1S/C46H28N4OS/c1-3-11-31(12-4-1)49-37-16-8-7-15-33(37)34-21-19-29(27-40(34)49)35-22-25-41-45(47-35)46-42(51-41)26-23-36(48-46)30-20-24-39-44(28-30)52-43-18-10-9-17-38(43)50(39)32-13-5-2-6-14-32/h1-28H. The van der Waals surface area contributed by atoms with Crippen LogP contribution in [-0.4, -0.2) is 14.5 Å². The van der Waals surface area contributed by atoms with Gasteiger partial charge in [0.1, 0.15) is 11.0 Å². The van der Waals surface area contributed by atoms with Crippen molar-refractivity contribution in [3.05, 3.63) is 170 Å². The Bertz CT molecular complexity index is 3000. The van der Waals surface area contributed by atoms with E-state index < -0.39 is 0 Å². The van der Waals surface area contributed by atoms with E-state index in [2.05, 4.69) is 155 Å². The molecule has 5 heterocycles. The molecular formula is C46H28N4OS. The van der Waals surface area contributed by atoms with Crippen molar-refractivity contribution in [3.8, 4) is 28.2 Å². The first-order valence-corrected chi connectivity index (χ1v) is 18.1. The lowest BCUT2D eigenvalue weighted by Crippen LogP contribution is -2.14. The monoisotopic (exact) mass is 684 g/mol. The number of fused-ring (bicyclic) bond motifs is 8. The van der Waals surface area contributed by atoms with Crippen molar-refractivity contribution < 1.29 is 4.42 Å². The van der Waals surface area contributed by atoms with Crippen LogP contribution in [0.15, 0.2) is 184 Å². The van der Waals surface area contributed by atoms with E-state index in [0.29, 0.717) is 0 Å². The summed E-state index contributed by atoms with van der Waals surface area (Å²) in [4.78, 5) is 15.1. The van der Waals surface area contributed by atoms with Gasteiger partial charge >= 0.3 is 0 Å². The molecule has 0 N–H and O–H groups in total. The molecule has 1 aliphatic rings. The van der Waals surface area contributed by atoms with Gasteiger partial charge in [0.2, 0.25) is 0 Å². The van der Waals surface area contributed by atoms with E-state index in [4.69, 9.17) is 14.4 Å². The first-order valence-electron chi connectivity index (χ1n) is 17.3. The van der Waals surface area contributed by atoms with E-state index in [1.54, 1.807) is 11.8 Å². The molecule has 0 unspecified atom stereocenters. The molecule has 11 rings (SSSR count). The zero-order valence-electron chi connectivity index (χ0n) is 27.8. The highest BCUT2D eigenvalue weighted by atomic mass is 32.2. The SMILES string of the molecule is c1ccc(N2c3ccccc3Sc3cc(-c4ccc5oc6ccc(-c7ccc8c9ccccc9n(-c9ccccc9)c8c7)nc6c5n4)ccc32)cc1. The summed E-state index contributed by atoms with van der Waals surface area (Å²) < 4.78 is 8.61. The van der Waals surface area contributed by atoms with Crippen LogP contribution in [-0.2, 0) is 0 Å². The largest absolute Gasteiger partial charge is 0.453 e. The number of benzene rings is 6. The van der Waals surface area contributed by atoms with Gasteiger partial charge in [0.25, 0.3) is 0 Å². The van der Waals surface area contributed by atoms with E-state index in [1.165, 1.54) is 31.8 Å². The molecule has 0 saturated heterocycles. The summed E-state index contributed by atoms with van der Waals surface area (Å²) in [6, 6.07) is 59.6. The zero-order chi connectivity index (χ0) is 34.2. The van der Waals surface area contributed by atoms with Crippen LogP contribution in [0.25, 0.3) is 72.2 Å². The third-order valence-electron chi connectivity index (χ3n) is 9.98. The van der Waals surface area contributed by atoms with Crippen LogP contribution in [0, 0.1) is 0 Å². The average molecular weight is 685 g/mol. The summed E-state index contributed by atoms with van der Waals surface area (Å²) in [7, 11) is 0. The summed E-state index contributed by atoms with van der Waals surface area (Å²) in [6.07, 6.45) is 0. The number of nitrogens with zero attached hydrogens (tertiary/aromatic N) is 4. The van der Waals surface area contributed by atoms with Gasteiger partial charge in [0.15, 0.2) is 11.2 Å². The van der Waals surface area contributed by atoms with E-state index in [9.17, 15) is 0 Å². The lowest BCUT2D eigenvalue weighted by Gasteiger charge is -2.33. The molecule has 0 bridgehead atoms. The van der Waals surface area contributed by atoms with Crippen molar-refractivity contribution >= 4 is 72.8 Å². The summed E-state index contributed by atoms with van der Waals surface area (Å²) >= 11 is 1.80. The minimum absolute atomic E-state index is 0.721.